The van der Waals surface area contributed by atoms with Crippen LogP contribution in [0.3, 0.4) is 0 Å². The normalized spacial score (nSPS) is 10.2. The Morgan fingerprint density at radius 1 is 0.611 bits per heavy atom. The topological polar surface area (TPSA) is 106 Å². The molecule has 0 spiro atoms. The largest absolute Gasteiger partial charge is 0.489 e. The Kier molecular flexibility index (Phi) is 4.76. The van der Waals surface area contributed by atoms with Crippen molar-refractivity contribution >= 4 is 17.1 Å². The van der Waals surface area contributed by atoms with Gasteiger partial charge in [0.15, 0.2) is 17.2 Å². The Hall–Kier alpha value is -1.98. The van der Waals surface area contributed by atoms with Gasteiger partial charge in [0.2, 0.25) is 0 Å². The zero-order valence-corrected chi connectivity index (χ0v) is 11.1. The zero-order chi connectivity index (χ0) is 13.7. The molecule has 6 heteroatoms. The van der Waals surface area contributed by atoms with E-state index in [0.717, 1.165) is 0 Å². The van der Waals surface area contributed by atoms with Gasteiger partial charge >= 0.3 is 0 Å². The van der Waals surface area contributed by atoms with E-state index in [4.69, 9.17) is 31.4 Å². The molecule has 1 aromatic rings. The van der Waals surface area contributed by atoms with Crippen molar-refractivity contribution in [3.63, 3.8) is 0 Å². The van der Waals surface area contributed by atoms with Crippen molar-refractivity contribution in [3.8, 4) is 17.2 Å². The van der Waals surface area contributed by atoms with Gasteiger partial charge in [-0.2, -0.15) is 0 Å². The first-order chi connectivity index (χ1) is 8.58. The van der Waals surface area contributed by atoms with E-state index in [0.29, 0.717) is 54.1 Å². The first-order valence-corrected chi connectivity index (χ1v) is 5.97. The number of hydrogen-bond donors (Lipinski definition) is 3. The summed E-state index contributed by atoms with van der Waals surface area (Å²) >= 11 is 0. The van der Waals surface area contributed by atoms with Crippen LogP contribution in [0.1, 0.15) is 20.8 Å². The predicted octanol–water partition coefficient (Wildman–Crippen LogP) is 1.63. The minimum Gasteiger partial charge on any atom is -0.489 e. The van der Waals surface area contributed by atoms with Gasteiger partial charge in [0.25, 0.3) is 0 Å². The molecule has 0 aliphatic heterocycles. The average Bonchev–Trinajstić information content (AvgIpc) is 2.35. The van der Waals surface area contributed by atoms with E-state index in [1.165, 1.54) is 0 Å². The second-order valence-electron chi connectivity index (χ2n) is 3.53. The molecule has 0 radical (unpaired) electrons. The second kappa shape index (κ2) is 6.09. The molecule has 1 rings (SSSR count). The van der Waals surface area contributed by atoms with Gasteiger partial charge in [-0.25, -0.2) is 0 Å². The van der Waals surface area contributed by atoms with Crippen LogP contribution in [0.15, 0.2) is 0 Å². The molecular formula is C12H21N3O3. The summed E-state index contributed by atoms with van der Waals surface area (Å²) in [7, 11) is 0. The molecular weight excluding hydrogens is 234 g/mol. The Bertz CT molecular complexity index is 339. The van der Waals surface area contributed by atoms with Crippen LogP contribution in [-0.2, 0) is 0 Å². The molecule has 6 nitrogen and oxygen atoms in total. The summed E-state index contributed by atoms with van der Waals surface area (Å²) < 4.78 is 16.3. The van der Waals surface area contributed by atoms with Crippen LogP contribution in [0.25, 0.3) is 0 Å². The number of hydrogen-bond acceptors (Lipinski definition) is 6. The number of anilines is 3. The molecule has 0 aliphatic rings. The summed E-state index contributed by atoms with van der Waals surface area (Å²) in [5.74, 6) is 1.08. The molecule has 0 saturated carbocycles. The molecule has 1 aromatic carbocycles. The fraction of sp³-hybridized carbons (Fsp3) is 0.500. The highest BCUT2D eigenvalue weighted by molar-refractivity contribution is 5.89. The van der Waals surface area contributed by atoms with Crippen molar-refractivity contribution < 1.29 is 14.2 Å². The van der Waals surface area contributed by atoms with Gasteiger partial charge in [0.05, 0.1) is 19.8 Å². The van der Waals surface area contributed by atoms with Gasteiger partial charge in [-0.1, -0.05) is 0 Å². The fourth-order valence-corrected chi connectivity index (χ4v) is 1.64. The van der Waals surface area contributed by atoms with Crippen molar-refractivity contribution in [1.29, 1.82) is 0 Å². The van der Waals surface area contributed by atoms with E-state index in [-0.39, 0.29) is 0 Å². The van der Waals surface area contributed by atoms with Gasteiger partial charge in [-0.3, -0.25) is 0 Å². The summed E-state index contributed by atoms with van der Waals surface area (Å²) in [5.41, 5.74) is 18.8. The lowest BCUT2D eigenvalue weighted by Crippen LogP contribution is -2.10. The summed E-state index contributed by atoms with van der Waals surface area (Å²) in [6.07, 6.45) is 0. The molecule has 0 saturated heterocycles. The predicted molar refractivity (Wildman–Crippen MR) is 73.2 cm³/mol. The van der Waals surface area contributed by atoms with Gasteiger partial charge in [0.1, 0.15) is 17.1 Å². The summed E-state index contributed by atoms with van der Waals surface area (Å²) in [6, 6.07) is 0. The fourth-order valence-electron chi connectivity index (χ4n) is 1.64. The Labute approximate surface area is 107 Å². The molecule has 0 amide bonds. The maximum absolute atomic E-state index is 5.96. The van der Waals surface area contributed by atoms with E-state index in [9.17, 15) is 0 Å². The molecule has 0 atom stereocenters. The Morgan fingerprint density at radius 2 is 0.833 bits per heavy atom. The molecule has 0 aromatic heterocycles. The molecule has 0 fully saturated rings. The Morgan fingerprint density at radius 3 is 1.00 bits per heavy atom. The number of rotatable bonds is 6. The lowest BCUT2D eigenvalue weighted by Gasteiger charge is -2.20. The van der Waals surface area contributed by atoms with Crippen molar-refractivity contribution in [2.75, 3.05) is 37.0 Å². The van der Waals surface area contributed by atoms with Crippen molar-refractivity contribution in [2.45, 2.75) is 20.8 Å². The van der Waals surface area contributed by atoms with E-state index in [1.54, 1.807) is 0 Å². The zero-order valence-electron chi connectivity index (χ0n) is 11.1. The highest BCUT2D eigenvalue weighted by atomic mass is 16.5. The molecule has 18 heavy (non-hydrogen) atoms. The molecule has 102 valence electrons. The van der Waals surface area contributed by atoms with E-state index < -0.39 is 0 Å². The molecule has 0 aliphatic carbocycles. The van der Waals surface area contributed by atoms with Crippen molar-refractivity contribution in [3.05, 3.63) is 0 Å². The number of ether oxygens (including phenoxy) is 3. The highest BCUT2D eigenvalue weighted by Gasteiger charge is 2.22. The van der Waals surface area contributed by atoms with Gasteiger partial charge in [-0.15, -0.1) is 0 Å². The van der Waals surface area contributed by atoms with Crippen LogP contribution >= 0.6 is 0 Å². The number of nitrogen functional groups attached to an aromatic ring is 3. The molecule has 0 heterocycles. The summed E-state index contributed by atoms with van der Waals surface area (Å²) in [5, 5.41) is 0. The van der Waals surface area contributed by atoms with Crippen molar-refractivity contribution in [1.82, 2.24) is 0 Å². The van der Waals surface area contributed by atoms with E-state index >= 15 is 0 Å². The van der Waals surface area contributed by atoms with Crippen LogP contribution in [0.2, 0.25) is 0 Å². The number of benzene rings is 1. The van der Waals surface area contributed by atoms with Crippen LogP contribution in [-0.4, -0.2) is 19.8 Å². The van der Waals surface area contributed by atoms with Gasteiger partial charge in [-0.05, 0) is 20.8 Å². The summed E-state index contributed by atoms with van der Waals surface area (Å²) in [4.78, 5) is 0. The standard InChI is InChI=1S/C12H21N3O3/c1-4-16-10-7(13)11(17-5-2)9(15)12(8(10)14)18-6-3/h4-6,13-15H2,1-3H3. The third kappa shape index (κ3) is 2.47. The molecule has 0 bridgehead atoms. The van der Waals surface area contributed by atoms with Gasteiger partial charge in [0, 0.05) is 0 Å². The first kappa shape index (κ1) is 14.1. The maximum atomic E-state index is 5.96. The first-order valence-electron chi connectivity index (χ1n) is 5.97. The third-order valence-corrected chi connectivity index (χ3v) is 2.33. The second-order valence-corrected chi connectivity index (χ2v) is 3.53. The lowest BCUT2D eigenvalue weighted by molar-refractivity contribution is 0.314. The van der Waals surface area contributed by atoms with E-state index in [1.807, 2.05) is 20.8 Å². The smallest absolute Gasteiger partial charge is 0.172 e. The minimum absolute atomic E-state index is 0.303. The van der Waals surface area contributed by atoms with Crippen molar-refractivity contribution in [2.24, 2.45) is 0 Å². The quantitative estimate of drug-likeness (QED) is 0.667. The van der Waals surface area contributed by atoms with E-state index in [2.05, 4.69) is 0 Å². The van der Waals surface area contributed by atoms with Crippen LogP contribution in [0, 0.1) is 0 Å². The minimum atomic E-state index is 0.303. The van der Waals surface area contributed by atoms with Crippen LogP contribution in [0.5, 0.6) is 17.2 Å². The lowest BCUT2D eigenvalue weighted by atomic mass is 10.2. The number of nitrogens with two attached hydrogens (primary N) is 3. The van der Waals surface area contributed by atoms with Crippen LogP contribution in [0.4, 0.5) is 17.1 Å². The molecule has 0 unspecified atom stereocenters. The Balaban J connectivity index is 3.42. The average molecular weight is 255 g/mol. The SMILES string of the molecule is CCOc1c(N)c(OCC)c(N)c(OCC)c1N. The summed E-state index contributed by atoms with van der Waals surface area (Å²) in [6.45, 7) is 6.85. The third-order valence-electron chi connectivity index (χ3n) is 2.33. The van der Waals surface area contributed by atoms with Gasteiger partial charge < -0.3 is 31.4 Å². The monoisotopic (exact) mass is 255 g/mol. The maximum Gasteiger partial charge on any atom is 0.172 e. The van der Waals surface area contributed by atoms with Crippen LogP contribution < -0.4 is 31.4 Å². The highest BCUT2D eigenvalue weighted by Crippen LogP contribution is 2.49. The molecule has 6 N–H and O–H groups in total.